The summed E-state index contributed by atoms with van der Waals surface area (Å²) in [5.41, 5.74) is 17.4. The number of aromatic nitrogens is 6. The van der Waals surface area contributed by atoms with Crippen LogP contribution in [-0.2, 0) is 65.5 Å². The van der Waals surface area contributed by atoms with E-state index >= 15 is 0 Å². The van der Waals surface area contributed by atoms with E-state index in [0.717, 1.165) is 78.1 Å². The number of para-hydroxylation sites is 5. The van der Waals surface area contributed by atoms with Gasteiger partial charge in [0.1, 0.15) is 11.3 Å². The van der Waals surface area contributed by atoms with Crippen molar-refractivity contribution in [3.63, 3.8) is 0 Å². The van der Waals surface area contributed by atoms with Crippen LogP contribution in [0.1, 0.15) is 174 Å². The van der Waals surface area contributed by atoms with E-state index in [9.17, 15) is 0 Å². The van der Waals surface area contributed by atoms with Gasteiger partial charge in [0.2, 0.25) is 0 Å². The monoisotopic (exact) mass is 1430 g/mol. The molecule has 1 aliphatic carbocycles. The zero-order chi connectivity index (χ0) is 75.8. The van der Waals surface area contributed by atoms with E-state index in [1.165, 1.54) is 130 Å². The van der Waals surface area contributed by atoms with Gasteiger partial charge in [-0.25, -0.2) is 0 Å². The van der Waals surface area contributed by atoms with E-state index < -0.39 is 0 Å². The Bertz CT molecular complexity index is 4770. The Hall–Kier alpha value is -9.24. The van der Waals surface area contributed by atoms with E-state index in [-0.39, 0.29) is 0 Å². The molecule has 9 aromatic carbocycles. The quantitative estimate of drug-likeness (QED) is 0.107. The van der Waals surface area contributed by atoms with Crippen molar-refractivity contribution in [3.8, 4) is 0 Å². The number of aryl methyl sites for hydroxylation is 3. The average molecular weight is 1430 g/mol. The summed E-state index contributed by atoms with van der Waals surface area (Å²) in [6.07, 6.45) is 14.9. The molecule has 0 radical (unpaired) electrons. The Morgan fingerprint density at radius 3 is 1.68 bits per heavy atom. The Morgan fingerprint density at radius 1 is 0.453 bits per heavy atom. The van der Waals surface area contributed by atoms with Crippen LogP contribution in [0.3, 0.4) is 0 Å². The summed E-state index contributed by atoms with van der Waals surface area (Å²) in [6.45, 7) is 36.0. The topological polar surface area (TPSA) is 80.4 Å². The fourth-order valence-electron chi connectivity index (χ4n) is 14.5. The number of furan rings is 1. The van der Waals surface area contributed by atoms with Crippen molar-refractivity contribution in [2.75, 3.05) is 0 Å². The molecule has 1 atom stereocenters. The molecule has 0 spiro atoms. The van der Waals surface area contributed by atoms with Gasteiger partial charge in [0.15, 0.2) is 0 Å². The van der Waals surface area contributed by atoms with Gasteiger partial charge >= 0.3 is 0 Å². The molecule has 6 aromatic heterocycles. The van der Waals surface area contributed by atoms with Gasteiger partial charge in [-0.3, -0.25) is 9.78 Å². The molecular formula is C98H122N6OS. The first-order valence-electron chi connectivity index (χ1n) is 39.4. The molecule has 556 valence electrons. The van der Waals surface area contributed by atoms with Gasteiger partial charge in [-0.2, -0.15) is 10.2 Å². The SMILES string of the molecule is CC(C)C1CCc2ccccc21.CC(C)Cc1[nH]nc2ccccc12.CC(C)Cc1c[nH]c2ccccc12.CC(C)Cc1cc2ccccc2o1.CC(C)Cc1ccc2ccccc2c1.CC(C)Cc1cn(C)c2ccccc12.CC(C)Cc1csc2ccccc12.CC(C)Cc1nn(C)c2ccccc12. The Morgan fingerprint density at radius 2 is 1.00 bits per heavy atom. The summed E-state index contributed by atoms with van der Waals surface area (Å²) in [4.78, 5) is 3.29. The first kappa shape index (κ1) is 80.8. The molecule has 7 nitrogen and oxygen atoms in total. The van der Waals surface area contributed by atoms with Crippen LogP contribution in [0.15, 0.2) is 241 Å². The van der Waals surface area contributed by atoms with Crippen LogP contribution in [0.4, 0.5) is 0 Å². The fourth-order valence-corrected chi connectivity index (χ4v) is 15.4. The third-order valence-electron chi connectivity index (χ3n) is 19.2. The van der Waals surface area contributed by atoms with E-state index in [4.69, 9.17) is 4.42 Å². The van der Waals surface area contributed by atoms with Gasteiger partial charge in [-0.15, -0.1) is 11.3 Å². The average Bonchev–Trinajstić information content (AvgIpc) is 1.56. The van der Waals surface area contributed by atoms with Crippen LogP contribution in [0.5, 0.6) is 0 Å². The number of hydrogen-bond acceptors (Lipinski definition) is 4. The number of thiophene rings is 1. The van der Waals surface area contributed by atoms with Crippen LogP contribution in [-0.4, -0.2) is 29.5 Å². The van der Waals surface area contributed by atoms with Crippen molar-refractivity contribution < 1.29 is 4.42 Å². The predicted molar refractivity (Wildman–Crippen MR) is 462 cm³/mol. The first-order valence-corrected chi connectivity index (χ1v) is 40.2. The minimum atomic E-state index is 0.653. The largest absolute Gasteiger partial charge is 0.461 e. The normalized spacial score (nSPS) is 12.5. The molecule has 8 heteroatoms. The molecule has 1 unspecified atom stereocenters. The van der Waals surface area contributed by atoms with Crippen molar-refractivity contribution in [2.45, 2.75) is 174 Å². The number of H-pyrrole nitrogens is 2. The van der Waals surface area contributed by atoms with Crippen LogP contribution < -0.4 is 0 Å². The molecule has 2 N–H and O–H groups in total. The number of benzene rings is 9. The van der Waals surface area contributed by atoms with Gasteiger partial charge < -0.3 is 14.0 Å². The maximum absolute atomic E-state index is 5.68. The first-order chi connectivity index (χ1) is 51.0. The number of aromatic amines is 2. The highest BCUT2D eigenvalue weighted by molar-refractivity contribution is 7.17. The molecule has 0 amide bonds. The summed E-state index contributed by atoms with van der Waals surface area (Å²) < 4.78 is 11.3. The molecule has 0 aliphatic heterocycles. The lowest BCUT2D eigenvalue weighted by molar-refractivity contribution is 0.496. The molecule has 6 heterocycles. The van der Waals surface area contributed by atoms with Crippen LogP contribution in [0.25, 0.3) is 75.4 Å². The lowest BCUT2D eigenvalue weighted by Gasteiger charge is -2.14. The number of fused-ring (bicyclic) bond motifs is 8. The van der Waals surface area contributed by atoms with Crippen molar-refractivity contribution in [1.29, 1.82) is 0 Å². The highest BCUT2D eigenvalue weighted by atomic mass is 32.1. The van der Waals surface area contributed by atoms with Gasteiger partial charge in [-0.05, 0) is 202 Å². The third kappa shape index (κ3) is 23.6. The molecule has 16 rings (SSSR count). The summed E-state index contributed by atoms with van der Waals surface area (Å²) in [6, 6.07) is 76.8. The number of nitrogens with one attached hydrogen (secondary N) is 2. The smallest absolute Gasteiger partial charge is 0.134 e. The minimum Gasteiger partial charge on any atom is -0.461 e. The summed E-state index contributed by atoms with van der Waals surface area (Å²) in [5.74, 6) is 7.62. The summed E-state index contributed by atoms with van der Waals surface area (Å²) in [5, 5.41) is 24.9. The minimum absolute atomic E-state index is 0.653. The van der Waals surface area contributed by atoms with Crippen molar-refractivity contribution >= 4 is 86.8 Å². The second-order valence-electron chi connectivity index (χ2n) is 32.4. The third-order valence-corrected chi connectivity index (χ3v) is 20.2. The van der Waals surface area contributed by atoms with E-state index in [2.05, 4.69) is 349 Å². The molecule has 15 aromatic rings. The van der Waals surface area contributed by atoms with Gasteiger partial charge in [-0.1, -0.05) is 287 Å². The van der Waals surface area contributed by atoms with Crippen LogP contribution >= 0.6 is 11.3 Å². The number of rotatable bonds is 15. The molecular weight excluding hydrogens is 1310 g/mol. The Balaban J connectivity index is 0.000000140. The van der Waals surface area contributed by atoms with Crippen LogP contribution in [0, 0.1) is 47.3 Å². The molecule has 0 fully saturated rings. The summed E-state index contributed by atoms with van der Waals surface area (Å²) >= 11 is 1.86. The van der Waals surface area contributed by atoms with Gasteiger partial charge in [0.25, 0.3) is 0 Å². The highest BCUT2D eigenvalue weighted by Gasteiger charge is 2.24. The Kier molecular flexibility index (Phi) is 30.4. The zero-order valence-electron chi connectivity index (χ0n) is 67.2. The highest BCUT2D eigenvalue weighted by Crippen LogP contribution is 2.38. The standard InChI is InChI=1S/C14H16.C13H17N.C12H16N2.C12H15N.C12H14O.C12H14S.C12H16.C11H14N2/c1-11(2)9-12-7-8-13-5-3-4-6-14(13)10-12;1-10(2)8-11-9-14(3)13-7-5-4-6-12(11)13;1-9(2)8-11-10-6-4-5-7-12(10)14(3)13-11;1-9(2)7-10-8-13-12-6-4-3-5-11(10)12;1-9(2)7-11-8-10-5-3-4-6-12(10)13-11;1-9(2)7-10-8-13-12-6-4-3-5-11(10)12;1-9(2)11-8-7-10-5-3-4-6-12(10)11;1-8(2)7-11-9-5-3-4-6-10(9)12-13-11/h3-8,10-11H,9H2,1-2H3;4-7,9-10H,8H2,1-3H3;4-7,9H,8H2,1-3H3;3-6,8-9,13H,7H2,1-2H3;2*3-6,8-9H,7H2,1-2H3;3-6,9,11H,7-8H2,1-2H3;3-6,8H,7H2,1-2H3,(H,12,13). The van der Waals surface area contributed by atoms with E-state index in [1.807, 2.05) is 53.4 Å². The van der Waals surface area contributed by atoms with Crippen molar-refractivity contribution in [3.05, 3.63) is 287 Å². The number of hydrogen-bond donors (Lipinski definition) is 2. The second kappa shape index (κ2) is 39.9. The van der Waals surface area contributed by atoms with E-state index in [0.29, 0.717) is 17.8 Å². The van der Waals surface area contributed by atoms with Gasteiger partial charge in [0.05, 0.1) is 16.7 Å². The maximum Gasteiger partial charge on any atom is 0.134 e. The molecule has 0 bridgehead atoms. The molecule has 0 saturated carbocycles. The van der Waals surface area contributed by atoms with Crippen LogP contribution in [0.2, 0.25) is 0 Å². The van der Waals surface area contributed by atoms with Crippen molar-refractivity contribution in [2.24, 2.45) is 61.4 Å². The molecule has 0 saturated heterocycles. The molecule has 106 heavy (non-hydrogen) atoms. The summed E-state index contributed by atoms with van der Waals surface area (Å²) in [7, 11) is 4.12. The van der Waals surface area contributed by atoms with Gasteiger partial charge in [0, 0.05) is 81.3 Å². The fraction of sp³-hybridized carbons (Fsp3) is 0.367. The Labute approximate surface area is 639 Å². The number of nitrogens with zero attached hydrogens (tertiary/aromatic N) is 4. The zero-order valence-corrected chi connectivity index (χ0v) is 68.0. The lowest BCUT2D eigenvalue weighted by atomic mass is 9.90. The second-order valence-corrected chi connectivity index (χ2v) is 33.3. The molecule has 1 aliphatic rings. The lowest BCUT2D eigenvalue weighted by Crippen LogP contribution is -2.01. The predicted octanol–water partition coefficient (Wildman–Crippen LogP) is 27.4. The van der Waals surface area contributed by atoms with E-state index in [1.54, 1.807) is 11.1 Å². The maximum atomic E-state index is 5.68. The van der Waals surface area contributed by atoms with Crippen molar-refractivity contribution in [1.82, 2.24) is 29.5 Å².